The van der Waals surface area contributed by atoms with Gasteiger partial charge in [-0.1, -0.05) is 18.6 Å². The first-order valence-corrected chi connectivity index (χ1v) is 7.37. The van der Waals surface area contributed by atoms with E-state index in [1.165, 1.54) is 32.2 Å². The molecule has 2 rings (SSSR count). The molecule has 0 aliphatic carbocycles. The van der Waals surface area contributed by atoms with Crippen molar-refractivity contribution in [3.8, 4) is 5.75 Å². The Labute approximate surface area is 108 Å². The summed E-state index contributed by atoms with van der Waals surface area (Å²) in [7, 11) is 2.23. The predicted octanol–water partition coefficient (Wildman–Crippen LogP) is 3.36. The van der Waals surface area contributed by atoms with Gasteiger partial charge in [-0.25, -0.2) is 0 Å². The first-order chi connectivity index (χ1) is 8.27. The first-order valence-electron chi connectivity index (χ1n) is 6.38. The minimum absolute atomic E-state index is 0.412. The molecule has 1 unspecified atom stereocenters. The molecule has 0 amide bonds. The van der Waals surface area contributed by atoms with E-state index in [1.54, 1.807) is 17.8 Å². The lowest BCUT2D eigenvalue weighted by Gasteiger charge is -2.32. The summed E-state index contributed by atoms with van der Waals surface area (Å²) in [6.45, 7) is 1.24. The second-order valence-electron chi connectivity index (χ2n) is 4.74. The monoisotopic (exact) mass is 251 g/mol. The lowest BCUT2D eigenvalue weighted by Crippen LogP contribution is -2.36. The van der Waals surface area contributed by atoms with E-state index in [4.69, 9.17) is 0 Å². The smallest absolute Gasteiger partial charge is 0.129 e. The van der Waals surface area contributed by atoms with E-state index < -0.39 is 0 Å². The van der Waals surface area contributed by atoms with Gasteiger partial charge in [-0.3, -0.25) is 0 Å². The second-order valence-corrected chi connectivity index (χ2v) is 5.87. The van der Waals surface area contributed by atoms with E-state index in [0.717, 1.165) is 16.7 Å². The van der Waals surface area contributed by atoms with Crippen LogP contribution in [0.25, 0.3) is 0 Å². The van der Waals surface area contributed by atoms with Gasteiger partial charge in [-0.15, -0.1) is 11.8 Å². The SMILES string of the molecule is CN1CCCCC1CCSc1ccccc1O. The van der Waals surface area contributed by atoms with Crippen molar-refractivity contribution >= 4 is 11.8 Å². The van der Waals surface area contributed by atoms with Crippen molar-refractivity contribution in [1.82, 2.24) is 4.90 Å². The minimum Gasteiger partial charge on any atom is -0.507 e. The molecule has 0 spiro atoms. The first kappa shape index (κ1) is 12.8. The van der Waals surface area contributed by atoms with Gasteiger partial charge in [0.2, 0.25) is 0 Å². The fourth-order valence-electron chi connectivity index (χ4n) is 2.39. The molecular formula is C14H21NOS. The molecule has 3 heteroatoms. The number of thioether (sulfide) groups is 1. The Bertz CT molecular complexity index is 356. The molecule has 17 heavy (non-hydrogen) atoms. The van der Waals surface area contributed by atoms with Crippen molar-refractivity contribution in [2.24, 2.45) is 0 Å². The standard InChI is InChI=1S/C14H21NOS/c1-15-10-5-4-6-12(15)9-11-17-14-8-3-2-7-13(14)16/h2-3,7-8,12,16H,4-6,9-11H2,1H3. The predicted molar refractivity (Wildman–Crippen MR) is 73.7 cm³/mol. The molecule has 1 aromatic rings. The summed E-state index contributed by atoms with van der Waals surface area (Å²) in [5, 5.41) is 9.67. The van der Waals surface area contributed by atoms with Crippen LogP contribution in [0.4, 0.5) is 0 Å². The highest BCUT2D eigenvalue weighted by atomic mass is 32.2. The molecule has 1 aliphatic heterocycles. The number of hydrogen-bond donors (Lipinski definition) is 1. The topological polar surface area (TPSA) is 23.5 Å². The number of phenols is 1. The second kappa shape index (κ2) is 6.31. The third kappa shape index (κ3) is 3.65. The summed E-state index contributed by atoms with van der Waals surface area (Å²) in [5.41, 5.74) is 0. The minimum atomic E-state index is 0.412. The molecule has 2 nitrogen and oxygen atoms in total. The third-order valence-corrected chi connectivity index (χ3v) is 4.59. The Morgan fingerprint density at radius 1 is 1.35 bits per heavy atom. The van der Waals surface area contributed by atoms with Gasteiger partial charge in [0.05, 0.1) is 0 Å². The van der Waals surface area contributed by atoms with Crippen molar-refractivity contribution in [2.75, 3.05) is 19.3 Å². The Morgan fingerprint density at radius 3 is 2.94 bits per heavy atom. The van der Waals surface area contributed by atoms with Crippen LogP contribution in [0.2, 0.25) is 0 Å². The average molecular weight is 251 g/mol. The van der Waals surface area contributed by atoms with Gasteiger partial charge in [0.25, 0.3) is 0 Å². The summed E-state index contributed by atoms with van der Waals surface area (Å²) in [5.74, 6) is 1.50. The molecule has 0 aromatic heterocycles. The largest absolute Gasteiger partial charge is 0.507 e. The van der Waals surface area contributed by atoms with E-state index in [0.29, 0.717) is 5.75 Å². The Hall–Kier alpha value is -0.670. The quantitative estimate of drug-likeness (QED) is 0.830. The van der Waals surface area contributed by atoms with Crippen LogP contribution in [-0.4, -0.2) is 35.4 Å². The van der Waals surface area contributed by atoms with Crippen molar-refractivity contribution in [2.45, 2.75) is 36.6 Å². The molecule has 0 bridgehead atoms. The number of benzene rings is 1. The molecule has 94 valence electrons. The van der Waals surface area contributed by atoms with Crippen LogP contribution in [0.3, 0.4) is 0 Å². The van der Waals surface area contributed by atoms with Crippen LogP contribution in [0.5, 0.6) is 5.75 Å². The molecule has 1 N–H and O–H groups in total. The fraction of sp³-hybridized carbons (Fsp3) is 0.571. The van der Waals surface area contributed by atoms with Gasteiger partial charge in [0.15, 0.2) is 0 Å². The summed E-state index contributed by atoms with van der Waals surface area (Å²) < 4.78 is 0. The van der Waals surface area contributed by atoms with Crippen LogP contribution < -0.4 is 0 Å². The normalized spacial score (nSPS) is 21.6. The highest BCUT2D eigenvalue weighted by molar-refractivity contribution is 7.99. The highest BCUT2D eigenvalue weighted by Gasteiger charge is 2.18. The van der Waals surface area contributed by atoms with Crippen molar-refractivity contribution in [3.05, 3.63) is 24.3 Å². The molecule has 0 saturated carbocycles. The fourth-order valence-corrected chi connectivity index (χ4v) is 3.39. The number of phenolic OH excluding ortho intramolecular Hbond substituents is 1. The number of piperidine rings is 1. The van der Waals surface area contributed by atoms with Crippen LogP contribution >= 0.6 is 11.8 Å². The lowest BCUT2D eigenvalue weighted by atomic mass is 10.0. The molecule has 0 radical (unpaired) electrons. The van der Waals surface area contributed by atoms with E-state index >= 15 is 0 Å². The van der Waals surface area contributed by atoms with Gasteiger partial charge in [0.1, 0.15) is 5.75 Å². The zero-order chi connectivity index (χ0) is 12.1. The number of rotatable bonds is 4. The molecule has 1 aromatic carbocycles. The number of hydrogen-bond acceptors (Lipinski definition) is 3. The Morgan fingerprint density at radius 2 is 2.18 bits per heavy atom. The molecule has 1 fully saturated rings. The van der Waals surface area contributed by atoms with Crippen LogP contribution in [0.1, 0.15) is 25.7 Å². The summed E-state index contributed by atoms with van der Waals surface area (Å²) in [6, 6.07) is 8.34. The Kier molecular flexibility index (Phi) is 4.75. The third-order valence-electron chi connectivity index (χ3n) is 3.50. The molecule has 1 aliphatic rings. The Balaban J connectivity index is 1.77. The lowest BCUT2D eigenvalue weighted by molar-refractivity contribution is 0.182. The van der Waals surface area contributed by atoms with E-state index in [1.807, 2.05) is 18.2 Å². The van der Waals surface area contributed by atoms with E-state index in [9.17, 15) is 5.11 Å². The van der Waals surface area contributed by atoms with Gasteiger partial charge in [0, 0.05) is 10.9 Å². The van der Waals surface area contributed by atoms with Gasteiger partial charge in [-0.05, 0) is 50.7 Å². The van der Waals surface area contributed by atoms with Gasteiger partial charge < -0.3 is 10.0 Å². The van der Waals surface area contributed by atoms with Crippen molar-refractivity contribution in [3.63, 3.8) is 0 Å². The molecule has 1 saturated heterocycles. The number of likely N-dealkylation sites (tertiary alicyclic amines) is 1. The molecule has 1 atom stereocenters. The summed E-state index contributed by atoms with van der Waals surface area (Å²) in [4.78, 5) is 3.49. The number of aromatic hydroxyl groups is 1. The highest BCUT2D eigenvalue weighted by Crippen LogP contribution is 2.29. The van der Waals surface area contributed by atoms with Crippen molar-refractivity contribution < 1.29 is 5.11 Å². The number of nitrogens with zero attached hydrogens (tertiary/aromatic N) is 1. The van der Waals surface area contributed by atoms with Gasteiger partial charge in [-0.2, -0.15) is 0 Å². The molecule has 1 heterocycles. The summed E-state index contributed by atoms with van der Waals surface area (Å²) >= 11 is 1.77. The average Bonchev–Trinajstić information content (AvgIpc) is 2.34. The zero-order valence-corrected chi connectivity index (χ0v) is 11.2. The molecular weight excluding hydrogens is 230 g/mol. The number of para-hydroxylation sites is 1. The maximum atomic E-state index is 9.67. The van der Waals surface area contributed by atoms with Crippen molar-refractivity contribution in [1.29, 1.82) is 0 Å². The van der Waals surface area contributed by atoms with Crippen LogP contribution in [0.15, 0.2) is 29.2 Å². The van der Waals surface area contributed by atoms with E-state index in [-0.39, 0.29) is 0 Å². The van der Waals surface area contributed by atoms with Crippen LogP contribution in [-0.2, 0) is 0 Å². The van der Waals surface area contributed by atoms with Crippen LogP contribution in [0, 0.1) is 0 Å². The summed E-state index contributed by atoms with van der Waals surface area (Å²) in [6.07, 6.45) is 5.27. The zero-order valence-electron chi connectivity index (χ0n) is 10.4. The van der Waals surface area contributed by atoms with Gasteiger partial charge >= 0.3 is 0 Å². The maximum Gasteiger partial charge on any atom is 0.129 e. The van der Waals surface area contributed by atoms with E-state index in [2.05, 4.69) is 11.9 Å². The maximum absolute atomic E-state index is 9.67.